The lowest BCUT2D eigenvalue weighted by molar-refractivity contribution is 1.20. The van der Waals surface area contributed by atoms with E-state index in [4.69, 9.17) is 0 Å². The van der Waals surface area contributed by atoms with E-state index in [9.17, 15) is 10.5 Å². The first-order chi connectivity index (χ1) is 28.2. The van der Waals surface area contributed by atoms with Crippen molar-refractivity contribution in [2.24, 2.45) is 0 Å². The van der Waals surface area contributed by atoms with Gasteiger partial charge in [0.25, 0.3) is 0 Å². The van der Waals surface area contributed by atoms with E-state index in [2.05, 4.69) is 187 Å². The standard InChI is InChI=1S/C54H29N3/c55-30-32(31-56)29-35-25-26-42-49-36(35)19-11-21-40(49)51-47(33-13-3-1-4-14-33)54-43-27-28-46(57-44-23-9-7-17-37(44)38-18-8-10-24-45(38)57)39-20-12-22-41(50(39)43)52(54)48(53(42)51)34-15-5-2-6-16-34/h1-29H. The summed E-state index contributed by atoms with van der Waals surface area (Å²) in [5.74, 6) is 0. The molecule has 260 valence electrons. The molecule has 1 heterocycles. The van der Waals surface area contributed by atoms with Crippen LogP contribution in [0.2, 0.25) is 0 Å². The molecule has 12 aromatic rings. The molecule has 12 rings (SSSR count). The van der Waals surface area contributed by atoms with Crippen LogP contribution in [0.5, 0.6) is 0 Å². The van der Waals surface area contributed by atoms with Crippen molar-refractivity contribution in [3.05, 3.63) is 181 Å². The van der Waals surface area contributed by atoms with Gasteiger partial charge in [0.15, 0.2) is 0 Å². The van der Waals surface area contributed by atoms with Gasteiger partial charge in [-0.15, -0.1) is 0 Å². The fourth-order valence-electron chi connectivity index (χ4n) is 10.0. The fourth-order valence-corrected chi connectivity index (χ4v) is 10.0. The maximum atomic E-state index is 9.71. The van der Waals surface area contributed by atoms with Crippen molar-refractivity contribution in [3.8, 4) is 40.1 Å². The molecule has 57 heavy (non-hydrogen) atoms. The first-order valence-corrected chi connectivity index (χ1v) is 19.2. The number of rotatable bonds is 4. The highest BCUT2D eigenvalue weighted by Crippen LogP contribution is 2.56. The molecule has 11 aromatic carbocycles. The van der Waals surface area contributed by atoms with Crippen LogP contribution in [0.25, 0.3) is 120 Å². The van der Waals surface area contributed by atoms with E-state index in [0.29, 0.717) is 0 Å². The molecule has 0 radical (unpaired) electrons. The summed E-state index contributed by atoms with van der Waals surface area (Å²) < 4.78 is 2.44. The van der Waals surface area contributed by atoms with Crippen molar-refractivity contribution in [2.75, 3.05) is 0 Å². The van der Waals surface area contributed by atoms with Crippen LogP contribution in [0, 0.1) is 22.7 Å². The van der Waals surface area contributed by atoms with Gasteiger partial charge in [-0.1, -0.05) is 152 Å². The van der Waals surface area contributed by atoms with Gasteiger partial charge in [-0.2, -0.15) is 10.5 Å². The normalized spacial score (nSPS) is 11.8. The lowest BCUT2D eigenvalue weighted by atomic mass is 9.87. The number of fused-ring (bicyclic) bond motifs is 9. The summed E-state index contributed by atoms with van der Waals surface area (Å²) in [5.41, 5.74) is 9.28. The summed E-state index contributed by atoms with van der Waals surface area (Å²) in [5, 5.41) is 36.3. The fraction of sp³-hybridized carbons (Fsp3) is 0. The predicted molar refractivity (Wildman–Crippen MR) is 238 cm³/mol. The molecule has 0 saturated carbocycles. The molecule has 0 aliphatic rings. The number of allylic oxidation sites excluding steroid dienone is 1. The Hall–Kier alpha value is -7.98. The SMILES string of the molecule is N#CC(C#N)=Cc1ccc2c3c(-c4ccccc4)c4c5cccc6c(-n7c8ccccc8c8ccccc87)ccc(c4c(-c4ccccc4)c3c3cccc1c23)c65. The monoisotopic (exact) mass is 719 g/mol. The maximum Gasteiger partial charge on any atom is 0.130 e. The number of benzene rings is 9. The molecule has 0 aliphatic heterocycles. The molecule has 0 unspecified atom stereocenters. The van der Waals surface area contributed by atoms with Gasteiger partial charge in [0, 0.05) is 16.2 Å². The maximum absolute atomic E-state index is 9.71. The van der Waals surface area contributed by atoms with Crippen LogP contribution in [0.1, 0.15) is 5.56 Å². The van der Waals surface area contributed by atoms with Crippen molar-refractivity contribution in [3.63, 3.8) is 0 Å². The van der Waals surface area contributed by atoms with Gasteiger partial charge in [-0.25, -0.2) is 0 Å². The van der Waals surface area contributed by atoms with Crippen LogP contribution in [0.4, 0.5) is 0 Å². The van der Waals surface area contributed by atoms with E-state index in [1.165, 1.54) is 92.8 Å². The zero-order valence-electron chi connectivity index (χ0n) is 30.6. The molecule has 0 aliphatic carbocycles. The Morgan fingerprint density at radius 3 is 1.33 bits per heavy atom. The summed E-state index contributed by atoms with van der Waals surface area (Å²) in [6, 6.07) is 65.6. The van der Waals surface area contributed by atoms with E-state index >= 15 is 0 Å². The number of hydrogen-bond acceptors (Lipinski definition) is 2. The van der Waals surface area contributed by atoms with Crippen LogP contribution in [0.3, 0.4) is 0 Å². The van der Waals surface area contributed by atoms with E-state index < -0.39 is 0 Å². The molecule has 1 aromatic heterocycles. The molecule has 3 nitrogen and oxygen atoms in total. The van der Waals surface area contributed by atoms with Gasteiger partial charge in [-0.05, 0) is 111 Å². The topological polar surface area (TPSA) is 52.5 Å². The van der Waals surface area contributed by atoms with Crippen LogP contribution < -0.4 is 0 Å². The quantitative estimate of drug-likeness (QED) is 0.170. The molecular formula is C54H29N3. The Labute approximate surface area is 327 Å². The van der Waals surface area contributed by atoms with Crippen LogP contribution in [-0.2, 0) is 0 Å². The minimum atomic E-state index is 0.0881. The van der Waals surface area contributed by atoms with Crippen LogP contribution in [0.15, 0.2) is 175 Å². The second-order valence-electron chi connectivity index (χ2n) is 14.9. The number of nitriles is 2. The molecule has 0 atom stereocenters. The molecule has 3 heteroatoms. The van der Waals surface area contributed by atoms with Crippen molar-refractivity contribution in [1.29, 1.82) is 10.5 Å². The zero-order valence-corrected chi connectivity index (χ0v) is 30.6. The van der Waals surface area contributed by atoms with Crippen molar-refractivity contribution >= 4 is 92.5 Å². The molecule has 0 spiro atoms. The molecule has 0 fully saturated rings. The smallest absolute Gasteiger partial charge is 0.130 e. The predicted octanol–water partition coefficient (Wildman–Crippen LogP) is 14.3. The molecule has 0 amide bonds. The summed E-state index contributed by atoms with van der Waals surface area (Å²) in [7, 11) is 0. The lowest BCUT2D eigenvalue weighted by Gasteiger charge is -2.15. The summed E-state index contributed by atoms with van der Waals surface area (Å²) >= 11 is 0. The molecule has 0 saturated heterocycles. The Bertz CT molecular complexity index is 3580. The van der Waals surface area contributed by atoms with Gasteiger partial charge >= 0.3 is 0 Å². The summed E-state index contributed by atoms with van der Waals surface area (Å²) in [6.45, 7) is 0. The first kappa shape index (κ1) is 31.4. The number of nitrogens with zero attached hydrogens (tertiary/aromatic N) is 3. The third-order valence-electron chi connectivity index (χ3n) is 12.2. The molecular weight excluding hydrogens is 691 g/mol. The minimum absolute atomic E-state index is 0.0881. The first-order valence-electron chi connectivity index (χ1n) is 19.2. The van der Waals surface area contributed by atoms with Gasteiger partial charge < -0.3 is 4.57 Å². The van der Waals surface area contributed by atoms with Gasteiger partial charge in [-0.3, -0.25) is 0 Å². The van der Waals surface area contributed by atoms with E-state index in [-0.39, 0.29) is 5.57 Å². The highest BCUT2D eigenvalue weighted by atomic mass is 15.0. The second kappa shape index (κ2) is 11.8. The lowest BCUT2D eigenvalue weighted by Crippen LogP contribution is -1.95. The van der Waals surface area contributed by atoms with Crippen LogP contribution in [-0.4, -0.2) is 4.57 Å². The van der Waals surface area contributed by atoms with E-state index in [1.807, 2.05) is 0 Å². The highest BCUT2D eigenvalue weighted by molar-refractivity contribution is 6.47. The number of hydrogen-bond donors (Lipinski definition) is 0. The van der Waals surface area contributed by atoms with Gasteiger partial charge in [0.2, 0.25) is 0 Å². The van der Waals surface area contributed by atoms with Gasteiger partial charge in [0.1, 0.15) is 17.7 Å². The van der Waals surface area contributed by atoms with Gasteiger partial charge in [0.05, 0.1) is 16.7 Å². The second-order valence-corrected chi connectivity index (χ2v) is 14.9. The minimum Gasteiger partial charge on any atom is -0.309 e. The Morgan fingerprint density at radius 2 is 0.789 bits per heavy atom. The highest BCUT2D eigenvalue weighted by Gasteiger charge is 2.28. The average molecular weight is 720 g/mol. The molecule has 0 bridgehead atoms. The largest absolute Gasteiger partial charge is 0.309 e. The summed E-state index contributed by atoms with van der Waals surface area (Å²) in [4.78, 5) is 0. The van der Waals surface area contributed by atoms with E-state index in [0.717, 1.165) is 27.1 Å². The molecule has 0 N–H and O–H groups in total. The third-order valence-corrected chi connectivity index (χ3v) is 12.2. The zero-order chi connectivity index (χ0) is 37.8. The van der Waals surface area contributed by atoms with E-state index in [1.54, 1.807) is 6.08 Å². The number of para-hydroxylation sites is 2. The average Bonchev–Trinajstić information content (AvgIpc) is 3.91. The van der Waals surface area contributed by atoms with Crippen LogP contribution >= 0.6 is 0 Å². The van der Waals surface area contributed by atoms with Crippen molar-refractivity contribution in [2.45, 2.75) is 0 Å². The third kappa shape index (κ3) is 4.18. The Morgan fingerprint density at radius 1 is 0.368 bits per heavy atom. The number of aromatic nitrogens is 1. The summed E-state index contributed by atoms with van der Waals surface area (Å²) in [6.07, 6.45) is 1.72. The van der Waals surface area contributed by atoms with Crippen molar-refractivity contribution in [1.82, 2.24) is 4.57 Å². The Balaban J connectivity index is 1.33. The Kier molecular flexibility index (Phi) is 6.47. The van der Waals surface area contributed by atoms with Crippen molar-refractivity contribution < 1.29 is 0 Å².